The van der Waals surface area contributed by atoms with E-state index in [0.717, 1.165) is 44.2 Å². The third-order valence-electron chi connectivity index (χ3n) is 10.4. The van der Waals surface area contributed by atoms with Gasteiger partial charge >= 0.3 is 5.97 Å². The fourth-order valence-corrected chi connectivity index (χ4v) is 8.08. The number of rotatable bonds is 14. The number of fused-ring (bicyclic) bond motifs is 2. The molecule has 0 heterocycles. The van der Waals surface area contributed by atoms with Crippen LogP contribution in [-0.2, 0) is 20.8 Å². The first-order valence-electron chi connectivity index (χ1n) is 16.2. The minimum Gasteiger partial charge on any atom is -0.460 e. The lowest BCUT2D eigenvalue weighted by Gasteiger charge is -2.48. The highest BCUT2D eigenvalue weighted by molar-refractivity contribution is 5.75. The average molecular weight is 578 g/mol. The summed E-state index contributed by atoms with van der Waals surface area (Å²) in [6.07, 6.45) is 6.26. The summed E-state index contributed by atoms with van der Waals surface area (Å²) in [5, 5.41) is 11.9. The number of aliphatic hydroxyl groups excluding tert-OH is 1. The van der Waals surface area contributed by atoms with Gasteiger partial charge in [0.1, 0.15) is 11.5 Å². The van der Waals surface area contributed by atoms with Crippen LogP contribution in [0.1, 0.15) is 104 Å². The van der Waals surface area contributed by atoms with Crippen molar-refractivity contribution < 1.29 is 19.4 Å². The van der Waals surface area contributed by atoms with E-state index in [1.54, 1.807) is 0 Å². The Morgan fingerprint density at radius 1 is 1.05 bits per heavy atom. The predicted octanol–water partition coefficient (Wildman–Crippen LogP) is 7.97. The van der Waals surface area contributed by atoms with Crippen molar-refractivity contribution in [3.8, 4) is 0 Å². The van der Waals surface area contributed by atoms with Crippen molar-refractivity contribution in [1.82, 2.24) is 4.90 Å². The molecule has 0 spiro atoms. The molecule has 5 nitrogen and oxygen atoms in total. The quantitative estimate of drug-likeness (QED) is 0.182. The molecule has 5 heteroatoms. The Bertz CT molecular complexity index is 1130. The smallest absolute Gasteiger partial charge is 0.314 e. The van der Waals surface area contributed by atoms with Gasteiger partial charge in [0.25, 0.3) is 0 Å². The van der Waals surface area contributed by atoms with Crippen molar-refractivity contribution in [2.45, 2.75) is 117 Å². The Hall–Kier alpha value is -2.21. The van der Waals surface area contributed by atoms with Crippen molar-refractivity contribution in [1.29, 1.82) is 0 Å². The van der Waals surface area contributed by atoms with E-state index >= 15 is 0 Å². The second-order valence-electron chi connectivity index (χ2n) is 14.4. The highest BCUT2D eigenvalue weighted by Gasteiger charge is 2.65. The summed E-state index contributed by atoms with van der Waals surface area (Å²) < 4.78 is 12.3. The molecular formula is C37H55NO4. The molecule has 2 aromatic carbocycles. The molecule has 2 fully saturated rings. The third-order valence-corrected chi connectivity index (χ3v) is 10.4. The average Bonchev–Trinajstić information content (AvgIpc) is 3.31. The van der Waals surface area contributed by atoms with Crippen molar-refractivity contribution in [2.75, 3.05) is 13.7 Å². The Labute approximate surface area is 255 Å². The Morgan fingerprint density at radius 2 is 1.69 bits per heavy atom. The number of benzene rings is 2. The zero-order chi connectivity index (χ0) is 30.5. The van der Waals surface area contributed by atoms with E-state index in [9.17, 15) is 9.90 Å². The monoisotopic (exact) mass is 577 g/mol. The third kappa shape index (κ3) is 6.95. The van der Waals surface area contributed by atoms with Gasteiger partial charge in [-0.25, -0.2) is 0 Å². The number of unbranched alkanes of at least 4 members (excludes halogenated alkanes) is 2. The van der Waals surface area contributed by atoms with Crippen LogP contribution in [0.25, 0.3) is 0 Å². The number of carbonyl (C=O) groups excluding carboxylic acids is 1. The summed E-state index contributed by atoms with van der Waals surface area (Å²) >= 11 is 0. The SMILES string of the molecule is CCCCC[C@H](O)[C@@H](C(=O)OC(C)(C)C)[C@@H](c1ccccc1)N(Cc1ccccc1)C[C@]12CC[C@H](C[C@H]1OC)C2(C)C. The number of hydrogen-bond acceptors (Lipinski definition) is 5. The van der Waals surface area contributed by atoms with E-state index in [2.05, 4.69) is 62.1 Å². The van der Waals surface area contributed by atoms with Crippen molar-refractivity contribution in [3.63, 3.8) is 0 Å². The van der Waals surface area contributed by atoms with Crippen molar-refractivity contribution in [3.05, 3.63) is 71.8 Å². The van der Waals surface area contributed by atoms with E-state index in [4.69, 9.17) is 9.47 Å². The molecule has 4 rings (SSSR count). The first-order valence-corrected chi connectivity index (χ1v) is 16.2. The first-order chi connectivity index (χ1) is 19.9. The van der Waals surface area contributed by atoms with Gasteiger partial charge in [-0.15, -0.1) is 0 Å². The molecule has 232 valence electrons. The molecule has 0 unspecified atom stereocenters. The topological polar surface area (TPSA) is 59.0 Å². The fourth-order valence-electron chi connectivity index (χ4n) is 8.08. The maximum atomic E-state index is 14.2. The van der Waals surface area contributed by atoms with E-state index < -0.39 is 17.6 Å². The molecule has 6 atom stereocenters. The van der Waals surface area contributed by atoms with Gasteiger partial charge in [-0.1, -0.05) is 101 Å². The summed E-state index contributed by atoms with van der Waals surface area (Å²) in [7, 11) is 1.86. The van der Waals surface area contributed by atoms with Crippen LogP contribution < -0.4 is 0 Å². The minimum absolute atomic E-state index is 0.0557. The minimum atomic E-state index is -0.821. The van der Waals surface area contributed by atoms with Crippen LogP contribution in [0.4, 0.5) is 0 Å². The molecule has 2 bridgehead atoms. The van der Waals surface area contributed by atoms with Crippen LogP contribution >= 0.6 is 0 Å². The van der Waals surface area contributed by atoms with E-state index in [-0.39, 0.29) is 28.9 Å². The summed E-state index contributed by atoms with van der Waals surface area (Å²) in [5.41, 5.74) is 1.62. The molecule has 2 aliphatic rings. The maximum Gasteiger partial charge on any atom is 0.314 e. The van der Waals surface area contributed by atoms with Gasteiger partial charge in [-0.05, 0) is 68.9 Å². The lowest BCUT2D eigenvalue weighted by atomic mass is 9.67. The first kappa shape index (κ1) is 32.7. The van der Waals surface area contributed by atoms with Crippen molar-refractivity contribution in [2.24, 2.45) is 22.7 Å². The van der Waals surface area contributed by atoms with Gasteiger partial charge in [-0.2, -0.15) is 0 Å². The largest absolute Gasteiger partial charge is 0.460 e. The van der Waals surface area contributed by atoms with Crippen molar-refractivity contribution >= 4 is 5.97 Å². The molecule has 2 saturated carbocycles. The Morgan fingerprint density at radius 3 is 2.26 bits per heavy atom. The second-order valence-corrected chi connectivity index (χ2v) is 14.4. The molecule has 2 aliphatic carbocycles. The zero-order valence-corrected chi connectivity index (χ0v) is 27.1. The lowest BCUT2D eigenvalue weighted by Crippen LogP contribution is -2.52. The van der Waals surface area contributed by atoms with Crippen LogP contribution in [0.15, 0.2) is 60.7 Å². The summed E-state index contributed by atoms with van der Waals surface area (Å²) in [6, 6.07) is 20.5. The summed E-state index contributed by atoms with van der Waals surface area (Å²) in [6.45, 7) is 14.2. The molecular weight excluding hydrogens is 522 g/mol. The Kier molecular flexibility index (Phi) is 10.6. The normalized spacial score (nSPS) is 25.4. The van der Waals surface area contributed by atoms with Gasteiger partial charge in [-0.3, -0.25) is 9.69 Å². The van der Waals surface area contributed by atoms with Crippen LogP contribution in [0.2, 0.25) is 0 Å². The molecule has 0 aliphatic heterocycles. The molecule has 42 heavy (non-hydrogen) atoms. The molecule has 0 aromatic heterocycles. The fraction of sp³-hybridized carbons (Fsp3) is 0.649. The standard InChI is InChI=1S/C37H55NO4/c1-8-9-12-21-30(39)32(34(40)42-35(2,3)4)33(28-19-15-11-16-20-28)38(25-27-17-13-10-14-18-27)26-37-23-22-29(36(37,5)6)24-31(37)41-7/h10-11,13-20,29-33,39H,8-9,12,21-26H2,1-7H3/t29-,30+,31-,32-,33-,37-/m1/s1. The Balaban J connectivity index is 1.85. The molecule has 0 radical (unpaired) electrons. The van der Waals surface area contributed by atoms with Crippen LogP contribution in [-0.4, -0.2) is 47.4 Å². The predicted molar refractivity (Wildman–Crippen MR) is 170 cm³/mol. The number of hydrogen-bond donors (Lipinski definition) is 1. The number of aliphatic hydroxyl groups is 1. The summed E-state index contributed by atoms with van der Waals surface area (Å²) in [5.74, 6) is -0.432. The molecule has 2 aromatic rings. The van der Waals surface area contributed by atoms with Crippen LogP contribution in [0, 0.1) is 22.7 Å². The van der Waals surface area contributed by atoms with E-state index in [1.165, 1.54) is 12.0 Å². The van der Waals surface area contributed by atoms with Gasteiger partial charge in [0.2, 0.25) is 0 Å². The van der Waals surface area contributed by atoms with Gasteiger partial charge < -0.3 is 14.6 Å². The number of esters is 1. The van der Waals surface area contributed by atoms with Gasteiger partial charge in [0.15, 0.2) is 0 Å². The van der Waals surface area contributed by atoms with Crippen LogP contribution in [0.5, 0.6) is 0 Å². The number of ether oxygens (including phenoxy) is 2. The highest BCUT2D eigenvalue weighted by atomic mass is 16.6. The lowest BCUT2D eigenvalue weighted by molar-refractivity contribution is -0.169. The van der Waals surface area contributed by atoms with Crippen LogP contribution in [0.3, 0.4) is 0 Å². The summed E-state index contributed by atoms with van der Waals surface area (Å²) in [4.78, 5) is 16.7. The van der Waals surface area contributed by atoms with Gasteiger partial charge in [0.05, 0.1) is 18.2 Å². The molecule has 1 N–H and O–H groups in total. The molecule has 0 amide bonds. The highest BCUT2D eigenvalue weighted by Crippen LogP contribution is 2.67. The number of nitrogens with zero attached hydrogens (tertiary/aromatic N) is 1. The number of carbonyl (C=O) groups is 1. The number of methoxy groups -OCH3 is 1. The zero-order valence-electron chi connectivity index (χ0n) is 27.1. The molecule has 0 saturated heterocycles. The van der Waals surface area contributed by atoms with E-state index in [0.29, 0.717) is 18.9 Å². The second kappa shape index (κ2) is 13.6. The van der Waals surface area contributed by atoms with Gasteiger partial charge in [0, 0.05) is 25.6 Å². The van der Waals surface area contributed by atoms with E-state index in [1.807, 2.05) is 52.1 Å². The maximum absolute atomic E-state index is 14.2.